The van der Waals surface area contributed by atoms with E-state index >= 15 is 0 Å². The van der Waals surface area contributed by atoms with Crippen molar-refractivity contribution in [2.75, 3.05) is 19.6 Å². The van der Waals surface area contributed by atoms with Gasteiger partial charge in [-0.25, -0.2) is 0 Å². The first-order valence-electron chi connectivity index (χ1n) is 14.0. The number of rotatable bonds is 15. The zero-order valence-corrected chi connectivity index (χ0v) is 22.6. The highest BCUT2D eigenvalue weighted by Gasteiger charge is 2.40. The normalized spacial score (nSPS) is 19.0. The average molecular weight is 545 g/mol. The predicted octanol–water partition coefficient (Wildman–Crippen LogP) is 0.250. The van der Waals surface area contributed by atoms with Crippen molar-refractivity contribution in [2.24, 2.45) is 23.1 Å². The fourth-order valence-electron chi connectivity index (χ4n) is 4.90. The van der Waals surface area contributed by atoms with Crippen molar-refractivity contribution in [3.8, 4) is 0 Å². The van der Waals surface area contributed by atoms with Gasteiger partial charge in [0.1, 0.15) is 17.6 Å². The third-order valence-electron chi connectivity index (χ3n) is 7.78. The van der Waals surface area contributed by atoms with Gasteiger partial charge in [0.2, 0.25) is 17.7 Å². The Labute approximate surface area is 230 Å². The first kappa shape index (κ1) is 30.5. The molecule has 1 aromatic carbocycles. The fraction of sp³-hybridized carbons (Fsp3) is 0.643. The van der Waals surface area contributed by atoms with E-state index in [4.69, 9.17) is 17.2 Å². The van der Waals surface area contributed by atoms with Crippen LogP contribution in [0, 0.1) is 5.92 Å². The highest BCUT2D eigenvalue weighted by atomic mass is 16.4. The van der Waals surface area contributed by atoms with Gasteiger partial charge in [-0.3, -0.25) is 19.2 Å². The van der Waals surface area contributed by atoms with Crippen LogP contribution in [0.5, 0.6) is 0 Å². The number of likely N-dealkylation sites (tertiary alicyclic amines) is 1. The van der Waals surface area contributed by atoms with Crippen LogP contribution in [0.25, 0.3) is 0 Å². The third-order valence-corrected chi connectivity index (χ3v) is 7.78. The van der Waals surface area contributed by atoms with Gasteiger partial charge in [0.05, 0.1) is 6.04 Å². The Hall–Kier alpha value is -3.02. The lowest BCUT2D eigenvalue weighted by atomic mass is 9.88. The molecule has 1 aromatic rings. The molecule has 0 aromatic heterocycles. The van der Waals surface area contributed by atoms with E-state index in [1.807, 2.05) is 30.3 Å². The van der Waals surface area contributed by atoms with E-state index < -0.39 is 41.4 Å². The molecule has 1 heterocycles. The fourth-order valence-corrected chi connectivity index (χ4v) is 4.90. The van der Waals surface area contributed by atoms with Crippen molar-refractivity contribution >= 4 is 23.7 Å². The van der Waals surface area contributed by atoms with Gasteiger partial charge in [0, 0.05) is 13.1 Å². The van der Waals surface area contributed by atoms with E-state index in [9.17, 15) is 24.3 Å². The number of carbonyl (C=O) groups is 4. The van der Waals surface area contributed by atoms with Crippen molar-refractivity contribution < 1.29 is 24.3 Å². The van der Waals surface area contributed by atoms with Gasteiger partial charge >= 0.3 is 5.97 Å². The molecule has 3 unspecified atom stereocenters. The Morgan fingerprint density at radius 1 is 0.974 bits per heavy atom. The maximum Gasteiger partial charge on any atom is 0.323 e. The van der Waals surface area contributed by atoms with Crippen molar-refractivity contribution in [3.63, 3.8) is 0 Å². The van der Waals surface area contributed by atoms with E-state index in [2.05, 4.69) is 10.6 Å². The first-order valence-corrected chi connectivity index (χ1v) is 14.0. The summed E-state index contributed by atoms with van der Waals surface area (Å²) < 4.78 is 0. The molecule has 1 saturated carbocycles. The number of piperidine rings is 1. The molecule has 39 heavy (non-hydrogen) atoms. The van der Waals surface area contributed by atoms with Gasteiger partial charge < -0.3 is 37.8 Å². The summed E-state index contributed by atoms with van der Waals surface area (Å²) in [7, 11) is 0. The number of nitrogens with one attached hydrogen (secondary N) is 2. The maximum atomic E-state index is 13.5. The number of hydrogen-bond donors (Lipinski definition) is 6. The quantitative estimate of drug-likeness (QED) is 0.169. The number of benzene rings is 1. The molecule has 3 amide bonds. The number of carboxylic acids is 1. The minimum atomic E-state index is -1.36. The monoisotopic (exact) mass is 544 g/mol. The Kier molecular flexibility index (Phi) is 11.3. The Bertz CT molecular complexity index is 978. The molecule has 1 saturated heterocycles. The van der Waals surface area contributed by atoms with Crippen molar-refractivity contribution in [3.05, 3.63) is 35.9 Å². The van der Waals surface area contributed by atoms with Gasteiger partial charge in [-0.2, -0.15) is 0 Å². The summed E-state index contributed by atoms with van der Waals surface area (Å²) >= 11 is 0. The highest BCUT2D eigenvalue weighted by molar-refractivity contribution is 5.93. The van der Waals surface area contributed by atoms with Crippen LogP contribution in [0.15, 0.2) is 30.3 Å². The number of aliphatic carboxylic acids is 1. The lowest BCUT2D eigenvalue weighted by Crippen LogP contribution is -2.60. The second kappa shape index (κ2) is 14.4. The molecule has 3 atom stereocenters. The number of hydrogen-bond acceptors (Lipinski definition) is 7. The van der Waals surface area contributed by atoms with Crippen LogP contribution in [0.3, 0.4) is 0 Å². The lowest BCUT2D eigenvalue weighted by molar-refractivity contribution is -0.148. The predicted molar refractivity (Wildman–Crippen MR) is 147 cm³/mol. The van der Waals surface area contributed by atoms with E-state index in [1.54, 1.807) is 4.90 Å². The molecule has 9 N–H and O–H groups in total. The minimum Gasteiger partial charge on any atom is -0.480 e. The van der Waals surface area contributed by atoms with E-state index in [0.717, 1.165) is 24.8 Å². The molecule has 2 fully saturated rings. The van der Waals surface area contributed by atoms with Gasteiger partial charge in [-0.05, 0) is 69.4 Å². The summed E-state index contributed by atoms with van der Waals surface area (Å²) in [6.45, 7) is 0.856. The summed E-state index contributed by atoms with van der Waals surface area (Å²) in [6, 6.07) is 7.01. The second-order valence-electron chi connectivity index (χ2n) is 11.0. The topological polar surface area (TPSA) is 194 Å². The number of nitrogens with zero attached hydrogens (tertiary/aromatic N) is 1. The largest absolute Gasteiger partial charge is 0.480 e. The van der Waals surface area contributed by atoms with Crippen molar-refractivity contribution in [2.45, 2.75) is 87.9 Å². The SMILES string of the molecule is NCCCCC(NC(=O)C(CCC1CC1)NC(=O)C(N)Cc1ccccc1)C(=O)N1CCC(N)(C(=O)O)CC1. The summed E-state index contributed by atoms with van der Waals surface area (Å²) in [5, 5.41) is 15.1. The molecule has 0 bridgehead atoms. The van der Waals surface area contributed by atoms with Crippen LogP contribution < -0.4 is 27.8 Å². The summed E-state index contributed by atoms with van der Waals surface area (Å²) in [5.74, 6) is -1.64. The molecule has 1 aliphatic heterocycles. The Morgan fingerprint density at radius 3 is 2.21 bits per heavy atom. The van der Waals surface area contributed by atoms with Gasteiger partial charge in [-0.1, -0.05) is 43.2 Å². The van der Waals surface area contributed by atoms with Crippen molar-refractivity contribution in [1.29, 1.82) is 0 Å². The first-order chi connectivity index (χ1) is 18.6. The van der Waals surface area contributed by atoms with Crippen LogP contribution in [-0.2, 0) is 25.6 Å². The summed E-state index contributed by atoms with van der Waals surface area (Å²) in [4.78, 5) is 52.9. The smallest absolute Gasteiger partial charge is 0.323 e. The molecule has 0 radical (unpaired) electrons. The Morgan fingerprint density at radius 2 is 1.62 bits per heavy atom. The summed E-state index contributed by atoms with van der Waals surface area (Å²) in [6.07, 6.45) is 5.83. The molecule has 11 heteroatoms. The molecule has 1 aliphatic carbocycles. The average Bonchev–Trinajstić information content (AvgIpc) is 3.75. The van der Waals surface area contributed by atoms with Crippen LogP contribution in [0.4, 0.5) is 0 Å². The van der Waals surface area contributed by atoms with Crippen LogP contribution in [0.2, 0.25) is 0 Å². The standard InChI is InChI=1S/C28H44N6O5/c29-15-5-4-8-23(26(37)34-16-13-28(31,14-17-34)27(38)39)33-25(36)22(12-11-19-9-10-19)32-24(35)21(30)18-20-6-2-1-3-7-20/h1-3,6-7,19,21-23H,4-5,8-18,29-31H2,(H,32,35)(H,33,36)(H,38,39). The van der Waals surface area contributed by atoms with E-state index in [1.165, 1.54) is 0 Å². The summed E-state index contributed by atoms with van der Waals surface area (Å²) in [5.41, 5.74) is 17.4. The van der Waals surface area contributed by atoms with E-state index in [0.29, 0.717) is 44.6 Å². The number of amides is 3. The molecule has 3 rings (SSSR count). The Balaban J connectivity index is 1.65. The molecule has 0 spiro atoms. The number of nitrogens with two attached hydrogens (primary N) is 3. The highest BCUT2D eigenvalue weighted by Crippen LogP contribution is 2.34. The third kappa shape index (κ3) is 9.29. The minimum absolute atomic E-state index is 0.136. The number of carboxylic acid groups (broad SMARTS) is 1. The number of carbonyl (C=O) groups excluding carboxylic acids is 3. The van der Waals surface area contributed by atoms with Crippen LogP contribution in [0.1, 0.15) is 63.4 Å². The van der Waals surface area contributed by atoms with Crippen LogP contribution in [-0.4, -0.2) is 77.0 Å². The zero-order chi connectivity index (χ0) is 28.4. The molecule has 11 nitrogen and oxygen atoms in total. The van der Waals surface area contributed by atoms with E-state index in [-0.39, 0.29) is 31.8 Å². The molecular formula is C28H44N6O5. The molecule has 216 valence electrons. The second-order valence-corrected chi connectivity index (χ2v) is 11.0. The number of unbranched alkanes of at least 4 members (excludes halogenated alkanes) is 1. The zero-order valence-electron chi connectivity index (χ0n) is 22.6. The molecular weight excluding hydrogens is 500 g/mol. The molecule has 2 aliphatic rings. The van der Waals surface area contributed by atoms with Gasteiger partial charge in [0.15, 0.2) is 0 Å². The van der Waals surface area contributed by atoms with Gasteiger partial charge in [-0.15, -0.1) is 0 Å². The maximum absolute atomic E-state index is 13.5. The van der Waals surface area contributed by atoms with Crippen molar-refractivity contribution in [1.82, 2.24) is 15.5 Å². The lowest BCUT2D eigenvalue weighted by Gasteiger charge is -2.38. The van der Waals surface area contributed by atoms with Gasteiger partial charge in [0.25, 0.3) is 0 Å². The van der Waals surface area contributed by atoms with Crippen LogP contribution >= 0.6 is 0 Å².